The molecular formula is C14H16ClF4N. The average Bonchev–Trinajstić information content (AvgIpc) is 2.89. The van der Waals surface area contributed by atoms with E-state index in [2.05, 4.69) is 0 Å². The Kier molecular flexibility index (Phi) is 4.78. The van der Waals surface area contributed by atoms with Crippen LogP contribution in [0.2, 0.25) is 0 Å². The van der Waals surface area contributed by atoms with E-state index in [9.17, 15) is 17.6 Å². The van der Waals surface area contributed by atoms with Gasteiger partial charge in [-0.2, -0.15) is 13.2 Å². The fraction of sp³-hybridized carbons (Fsp3) is 0.571. The van der Waals surface area contributed by atoms with Crippen molar-refractivity contribution in [3.8, 4) is 0 Å². The third-order valence-electron chi connectivity index (χ3n) is 3.68. The molecular weight excluding hydrogens is 294 g/mol. The van der Waals surface area contributed by atoms with E-state index in [1.165, 1.54) is 6.07 Å². The Morgan fingerprint density at radius 1 is 1.20 bits per heavy atom. The summed E-state index contributed by atoms with van der Waals surface area (Å²) in [6.45, 7) is 0.439. The molecule has 0 radical (unpaired) electrons. The molecule has 0 N–H and O–H groups in total. The van der Waals surface area contributed by atoms with Crippen molar-refractivity contribution in [3.05, 3.63) is 29.6 Å². The summed E-state index contributed by atoms with van der Waals surface area (Å²) in [6, 6.07) is 2.86. The lowest BCUT2D eigenvalue weighted by Crippen LogP contribution is -2.35. The Hall–Kier alpha value is -0.970. The van der Waals surface area contributed by atoms with Gasteiger partial charge in [0.05, 0.1) is 11.3 Å². The maximum Gasteiger partial charge on any atom is 0.416 e. The molecule has 1 aliphatic carbocycles. The predicted molar refractivity (Wildman–Crippen MR) is 71.7 cm³/mol. The highest BCUT2D eigenvalue weighted by Crippen LogP contribution is 2.34. The summed E-state index contributed by atoms with van der Waals surface area (Å²) in [5, 5.41) is 0. The summed E-state index contributed by atoms with van der Waals surface area (Å²) in [5.74, 6) is -0.520. The van der Waals surface area contributed by atoms with Crippen LogP contribution in [0.25, 0.3) is 0 Å². The molecule has 0 aromatic heterocycles. The zero-order valence-electron chi connectivity index (χ0n) is 10.9. The van der Waals surface area contributed by atoms with Gasteiger partial charge in [0.2, 0.25) is 0 Å². The van der Waals surface area contributed by atoms with Gasteiger partial charge in [0.15, 0.2) is 0 Å². The predicted octanol–water partition coefficient (Wildman–Crippen LogP) is 4.83. The molecule has 1 nitrogen and oxygen atoms in total. The maximum atomic E-state index is 14.0. The molecule has 1 fully saturated rings. The summed E-state index contributed by atoms with van der Waals surface area (Å²) in [6.07, 6.45) is -0.545. The first kappa shape index (κ1) is 15.4. The molecule has 1 aromatic rings. The molecule has 1 aromatic carbocycles. The molecule has 2 rings (SSSR count). The normalized spacial score (nSPS) is 16.6. The second kappa shape index (κ2) is 6.20. The highest BCUT2D eigenvalue weighted by Gasteiger charge is 2.32. The minimum Gasteiger partial charge on any atom is -0.365 e. The number of hydrogen-bond acceptors (Lipinski definition) is 1. The van der Waals surface area contributed by atoms with Gasteiger partial charge in [-0.3, -0.25) is 0 Å². The SMILES string of the molecule is Fc1cc(C(F)(F)F)ccc1N(CCCl)C1CCCC1. The van der Waals surface area contributed by atoms with Crippen molar-refractivity contribution in [3.63, 3.8) is 0 Å². The van der Waals surface area contributed by atoms with Gasteiger partial charge in [0, 0.05) is 18.5 Å². The van der Waals surface area contributed by atoms with Gasteiger partial charge in [-0.25, -0.2) is 4.39 Å². The van der Waals surface area contributed by atoms with E-state index in [0.717, 1.165) is 31.7 Å². The minimum absolute atomic E-state index is 0.167. The van der Waals surface area contributed by atoms with Crippen molar-refractivity contribution in [2.24, 2.45) is 0 Å². The average molecular weight is 310 g/mol. The number of nitrogens with zero attached hydrogens (tertiary/aromatic N) is 1. The van der Waals surface area contributed by atoms with Crippen molar-refractivity contribution < 1.29 is 17.6 Å². The fourth-order valence-electron chi connectivity index (χ4n) is 2.72. The van der Waals surface area contributed by atoms with Crippen LogP contribution in [0.1, 0.15) is 31.2 Å². The van der Waals surface area contributed by atoms with Crippen LogP contribution in [-0.2, 0) is 6.18 Å². The quantitative estimate of drug-likeness (QED) is 0.568. The number of halogens is 5. The van der Waals surface area contributed by atoms with E-state index in [0.29, 0.717) is 18.5 Å². The minimum atomic E-state index is -4.52. The molecule has 20 heavy (non-hydrogen) atoms. The highest BCUT2D eigenvalue weighted by molar-refractivity contribution is 6.18. The molecule has 0 aliphatic heterocycles. The summed E-state index contributed by atoms with van der Waals surface area (Å²) in [4.78, 5) is 1.80. The lowest BCUT2D eigenvalue weighted by atomic mass is 10.1. The van der Waals surface area contributed by atoms with Crippen molar-refractivity contribution in [1.82, 2.24) is 0 Å². The van der Waals surface area contributed by atoms with Gasteiger partial charge in [0.25, 0.3) is 0 Å². The summed E-state index contributed by atoms with van der Waals surface area (Å²) < 4.78 is 51.7. The molecule has 0 bridgehead atoms. The van der Waals surface area contributed by atoms with Gasteiger partial charge >= 0.3 is 6.18 Å². The molecule has 1 saturated carbocycles. The third kappa shape index (κ3) is 3.37. The van der Waals surface area contributed by atoms with Gasteiger partial charge in [-0.1, -0.05) is 12.8 Å². The van der Waals surface area contributed by atoms with Crippen molar-refractivity contribution in [2.45, 2.75) is 37.9 Å². The highest BCUT2D eigenvalue weighted by atomic mass is 35.5. The van der Waals surface area contributed by atoms with Crippen LogP contribution in [0, 0.1) is 5.82 Å². The van der Waals surface area contributed by atoms with Gasteiger partial charge in [-0.05, 0) is 31.0 Å². The summed E-state index contributed by atoms with van der Waals surface area (Å²) in [5.41, 5.74) is -0.749. The maximum absolute atomic E-state index is 14.0. The largest absolute Gasteiger partial charge is 0.416 e. The monoisotopic (exact) mass is 309 g/mol. The molecule has 0 spiro atoms. The number of hydrogen-bond donors (Lipinski definition) is 0. The first-order valence-corrected chi connectivity index (χ1v) is 7.16. The zero-order chi connectivity index (χ0) is 14.8. The van der Waals surface area contributed by atoms with Crippen molar-refractivity contribution in [1.29, 1.82) is 0 Å². The van der Waals surface area contributed by atoms with E-state index in [1.54, 1.807) is 4.90 Å². The fourth-order valence-corrected chi connectivity index (χ4v) is 2.90. The first-order chi connectivity index (χ1) is 9.43. The van der Waals surface area contributed by atoms with E-state index < -0.39 is 17.6 Å². The third-order valence-corrected chi connectivity index (χ3v) is 3.84. The lowest BCUT2D eigenvalue weighted by molar-refractivity contribution is -0.137. The zero-order valence-corrected chi connectivity index (χ0v) is 11.6. The standard InChI is InChI=1S/C14H16ClF4N/c15-7-8-20(11-3-1-2-4-11)13-6-5-10(9-12(13)16)14(17,18)19/h5-6,9,11H,1-4,7-8H2. The molecule has 1 aliphatic rings. The summed E-state index contributed by atoms with van der Waals surface area (Å²) in [7, 11) is 0. The van der Waals surface area contributed by atoms with Gasteiger partial charge in [-0.15, -0.1) is 11.6 Å². The Morgan fingerprint density at radius 3 is 2.35 bits per heavy atom. The first-order valence-electron chi connectivity index (χ1n) is 6.63. The van der Waals surface area contributed by atoms with Crippen LogP contribution < -0.4 is 4.90 Å². The molecule has 6 heteroatoms. The van der Waals surface area contributed by atoms with Crippen LogP contribution in [0.15, 0.2) is 18.2 Å². The molecule has 0 unspecified atom stereocenters. The van der Waals surface area contributed by atoms with Gasteiger partial charge < -0.3 is 4.90 Å². The van der Waals surface area contributed by atoms with Crippen LogP contribution in [-0.4, -0.2) is 18.5 Å². The van der Waals surface area contributed by atoms with Crippen LogP contribution in [0.5, 0.6) is 0 Å². The van der Waals surface area contributed by atoms with E-state index >= 15 is 0 Å². The van der Waals surface area contributed by atoms with Crippen LogP contribution in [0.4, 0.5) is 23.2 Å². The van der Waals surface area contributed by atoms with E-state index in [-0.39, 0.29) is 11.7 Å². The Bertz CT molecular complexity index is 455. The summed E-state index contributed by atoms with van der Waals surface area (Å²) >= 11 is 5.74. The van der Waals surface area contributed by atoms with E-state index in [4.69, 9.17) is 11.6 Å². The second-order valence-corrected chi connectivity index (χ2v) is 5.36. The topological polar surface area (TPSA) is 3.24 Å². The molecule has 0 heterocycles. The Morgan fingerprint density at radius 2 is 1.85 bits per heavy atom. The molecule has 0 saturated heterocycles. The Labute approximate surface area is 120 Å². The second-order valence-electron chi connectivity index (χ2n) is 4.98. The molecule has 112 valence electrons. The van der Waals surface area contributed by atoms with Crippen LogP contribution >= 0.6 is 11.6 Å². The lowest BCUT2D eigenvalue weighted by Gasteiger charge is -2.31. The number of rotatable bonds is 4. The molecule has 0 atom stereocenters. The van der Waals surface area contributed by atoms with Gasteiger partial charge in [0.1, 0.15) is 5.82 Å². The van der Waals surface area contributed by atoms with E-state index in [1.807, 2.05) is 0 Å². The Balaban J connectivity index is 2.29. The van der Waals surface area contributed by atoms with Crippen molar-refractivity contribution >= 4 is 17.3 Å². The number of alkyl halides is 4. The number of benzene rings is 1. The molecule has 0 amide bonds. The van der Waals surface area contributed by atoms with Crippen LogP contribution in [0.3, 0.4) is 0 Å². The smallest absolute Gasteiger partial charge is 0.365 e. The number of anilines is 1. The van der Waals surface area contributed by atoms with Crippen molar-refractivity contribution in [2.75, 3.05) is 17.3 Å².